The summed E-state index contributed by atoms with van der Waals surface area (Å²) in [5, 5.41) is 14.2. The summed E-state index contributed by atoms with van der Waals surface area (Å²) >= 11 is 1.34. The van der Waals surface area contributed by atoms with E-state index in [9.17, 15) is 9.59 Å². The summed E-state index contributed by atoms with van der Waals surface area (Å²) in [6, 6.07) is 0. The van der Waals surface area contributed by atoms with Crippen molar-refractivity contribution >= 4 is 28.3 Å². The molecule has 94 valence electrons. The third-order valence-electron chi connectivity index (χ3n) is 1.95. The predicted octanol–water partition coefficient (Wildman–Crippen LogP) is 1.13. The molecule has 0 saturated carbocycles. The average molecular weight is 256 g/mol. The molecule has 6 nitrogen and oxygen atoms in total. The number of nitrogens with one attached hydrogen (secondary N) is 2. The summed E-state index contributed by atoms with van der Waals surface area (Å²) in [6.07, 6.45) is 0.365. The van der Waals surface area contributed by atoms with Crippen molar-refractivity contribution in [2.45, 2.75) is 33.1 Å². The van der Waals surface area contributed by atoms with E-state index in [0.717, 1.165) is 5.01 Å². The maximum absolute atomic E-state index is 11.4. The molecule has 1 heterocycles. The van der Waals surface area contributed by atoms with Gasteiger partial charge in [0.05, 0.1) is 6.54 Å². The van der Waals surface area contributed by atoms with Crippen LogP contribution in [0.1, 0.15) is 38.1 Å². The second-order valence-corrected chi connectivity index (χ2v) is 4.79. The van der Waals surface area contributed by atoms with Crippen molar-refractivity contribution in [2.24, 2.45) is 0 Å². The van der Waals surface area contributed by atoms with Crippen molar-refractivity contribution in [1.29, 1.82) is 0 Å². The molecule has 0 spiro atoms. The highest BCUT2D eigenvalue weighted by Gasteiger charge is 2.10. The molecule has 0 saturated heterocycles. The zero-order chi connectivity index (χ0) is 12.8. The van der Waals surface area contributed by atoms with Crippen molar-refractivity contribution in [3.05, 3.63) is 5.01 Å². The van der Waals surface area contributed by atoms with Crippen molar-refractivity contribution in [1.82, 2.24) is 15.5 Å². The quantitative estimate of drug-likeness (QED) is 0.827. The van der Waals surface area contributed by atoms with Crippen molar-refractivity contribution in [2.75, 3.05) is 11.9 Å². The molecule has 1 rings (SSSR count). The molecule has 0 aliphatic carbocycles. The summed E-state index contributed by atoms with van der Waals surface area (Å²) in [5.74, 6) is -0.156. The maximum atomic E-state index is 11.4. The monoisotopic (exact) mass is 256 g/mol. The zero-order valence-electron chi connectivity index (χ0n) is 10.1. The Balaban J connectivity index is 2.42. The summed E-state index contributed by atoms with van der Waals surface area (Å²) < 4.78 is 0. The van der Waals surface area contributed by atoms with Gasteiger partial charge < -0.3 is 5.32 Å². The third-order valence-corrected chi connectivity index (χ3v) is 3.09. The molecule has 1 aromatic rings. The first kappa shape index (κ1) is 13.6. The van der Waals surface area contributed by atoms with Crippen LogP contribution >= 0.6 is 11.3 Å². The third kappa shape index (κ3) is 4.48. The lowest BCUT2D eigenvalue weighted by Gasteiger charge is -2.02. The Bertz CT molecular complexity index is 403. The Hall–Kier alpha value is -1.50. The minimum absolute atomic E-state index is 0.0384. The molecule has 0 atom stereocenters. The molecule has 0 aliphatic heterocycles. The van der Waals surface area contributed by atoms with Gasteiger partial charge in [0, 0.05) is 12.3 Å². The molecule has 0 aliphatic rings. The first-order valence-corrected chi connectivity index (χ1v) is 6.24. The number of nitrogens with zero attached hydrogens (tertiary/aromatic N) is 2. The molecule has 0 fully saturated rings. The SMILES string of the molecule is CCC(=O)NCC(=O)Nc1nnc(C(C)C)s1. The number of carbonyl (C=O) groups is 2. The lowest BCUT2D eigenvalue weighted by molar-refractivity contribution is -0.123. The molecule has 7 heteroatoms. The van der Waals surface area contributed by atoms with Gasteiger partial charge in [0.2, 0.25) is 16.9 Å². The summed E-state index contributed by atoms with van der Waals surface area (Å²) in [7, 11) is 0. The minimum Gasteiger partial charge on any atom is -0.347 e. The topological polar surface area (TPSA) is 84.0 Å². The summed E-state index contributed by atoms with van der Waals surface area (Å²) in [6.45, 7) is 5.71. The first-order chi connectivity index (χ1) is 8.02. The number of rotatable bonds is 5. The fraction of sp³-hybridized carbons (Fsp3) is 0.600. The smallest absolute Gasteiger partial charge is 0.245 e. The van der Waals surface area contributed by atoms with E-state index < -0.39 is 0 Å². The highest BCUT2D eigenvalue weighted by molar-refractivity contribution is 7.15. The van der Waals surface area contributed by atoms with E-state index in [1.165, 1.54) is 11.3 Å². The molecule has 0 unspecified atom stereocenters. The number of aromatic nitrogens is 2. The lowest BCUT2D eigenvalue weighted by Crippen LogP contribution is -2.32. The second kappa shape index (κ2) is 6.29. The van der Waals surface area contributed by atoms with Crippen LogP contribution in [0.5, 0.6) is 0 Å². The van der Waals surface area contributed by atoms with E-state index >= 15 is 0 Å². The molecule has 0 bridgehead atoms. The zero-order valence-corrected chi connectivity index (χ0v) is 10.9. The van der Waals surface area contributed by atoms with Gasteiger partial charge in [-0.3, -0.25) is 14.9 Å². The minimum atomic E-state index is -0.293. The van der Waals surface area contributed by atoms with Gasteiger partial charge in [-0.1, -0.05) is 32.1 Å². The maximum Gasteiger partial charge on any atom is 0.245 e. The van der Waals surface area contributed by atoms with Crippen LogP contribution in [0.2, 0.25) is 0 Å². The number of anilines is 1. The molecule has 2 amide bonds. The molecule has 2 N–H and O–H groups in total. The van der Waals surface area contributed by atoms with Crippen LogP contribution in [0, 0.1) is 0 Å². The van der Waals surface area contributed by atoms with Crippen LogP contribution in [-0.4, -0.2) is 28.6 Å². The average Bonchev–Trinajstić information content (AvgIpc) is 2.74. The first-order valence-electron chi connectivity index (χ1n) is 5.42. The van der Waals surface area contributed by atoms with Crippen LogP contribution in [0.3, 0.4) is 0 Å². The Kier molecular flexibility index (Phi) is 5.02. The van der Waals surface area contributed by atoms with E-state index in [1.807, 2.05) is 13.8 Å². The number of hydrogen-bond acceptors (Lipinski definition) is 5. The molecule has 0 aromatic carbocycles. The van der Waals surface area contributed by atoms with Crippen molar-refractivity contribution < 1.29 is 9.59 Å². The van der Waals surface area contributed by atoms with Gasteiger partial charge in [0.1, 0.15) is 5.01 Å². The highest BCUT2D eigenvalue weighted by atomic mass is 32.1. The van der Waals surface area contributed by atoms with Gasteiger partial charge in [-0.05, 0) is 0 Å². The standard InChI is InChI=1S/C10H16N4O2S/c1-4-7(15)11-5-8(16)12-10-14-13-9(17-10)6(2)3/h6H,4-5H2,1-3H3,(H,11,15)(H,12,14,16). The van der Waals surface area contributed by atoms with Gasteiger partial charge in [0.15, 0.2) is 0 Å². The molecule has 0 radical (unpaired) electrons. The van der Waals surface area contributed by atoms with Gasteiger partial charge in [-0.15, -0.1) is 10.2 Å². The van der Waals surface area contributed by atoms with Crippen LogP contribution in [0.4, 0.5) is 5.13 Å². The molecular formula is C10H16N4O2S. The number of carbonyl (C=O) groups excluding carboxylic acids is 2. The molecular weight excluding hydrogens is 240 g/mol. The van der Waals surface area contributed by atoms with Gasteiger partial charge in [-0.25, -0.2) is 0 Å². The second-order valence-electron chi connectivity index (χ2n) is 3.78. The largest absolute Gasteiger partial charge is 0.347 e. The Labute approximate surface area is 104 Å². The van der Waals surface area contributed by atoms with Crippen molar-refractivity contribution in [3.63, 3.8) is 0 Å². The molecule has 17 heavy (non-hydrogen) atoms. The predicted molar refractivity (Wildman–Crippen MR) is 65.9 cm³/mol. The van der Waals surface area contributed by atoms with Crippen LogP contribution < -0.4 is 10.6 Å². The van der Waals surface area contributed by atoms with E-state index in [4.69, 9.17) is 0 Å². The Morgan fingerprint density at radius 1 is 1.29 bits per heavy atom. The van der Waals surface area contributed by atoms with Crippen LogP contribution in [-0.2, 0) is 9.59 Å². The van der Waals surface area contributed by atoms with Crippen LogP contribution in [0.15, 0.2) is 0 Å². The fourth-order valence-electron chi connectivity index (χ4n) is 0.986. The Morgan fingerprint density at radius 2 is 2.00 bits per heavy atom. The van der Waals surface area contributed by atoms with E-state index in [0.29, 0.717) is 11.6 Å². The normalized spacial score (nSPS) is 10.4. The number of hydrogen-bond donors (Lipinski definition) is 2. The van der Waals surface area contributed by atoms with E-state index in [-0.39, 0.29) is 24.3 Å². The summed E-state index contributed by atoms with van der Waals surface area (Å²) in [5.41, 5.74) is 0. The highest BCUT2D eigenvalue weighted by Crippen LogP contribution is 2.21. The summed E-state index contributed by atoms with van der Waals surface area (Å²) in [4.78, 5) is 22.4. The molecule has 1 aromatic heterocycles. The van der Waals surface area contributed by atoms with E-state index in [1.54, 1.807) is 6.92 Å². The Morgan fingerprint density at radius 3 is 2.53 bits per heavy atom. The fourth-order valence-corrected chi connectivity index (χ4v) is 1.75. The lowest BCUT2D eigenvalue weighted by atomic mass is 10.2. The van der Waals surface area contributed by atoms with E-state index in [2.05, 4.69) is 20.8 Å². The number of amides is 2. The van der Waals surface area contributed by atoms with Gasteiger partial charge >= 0.3 is 0 Å². The van der Waals surface area contributed by atoms with Crippen molar-refractivity contribution in [3.8, 4) is 0 Å². The van der Waals surface area contributed by atoms with Crippen LogP contribution in [0.25, 0.3) is 0 Å². The van der Waals surface area contributed by atoms with Gasteiger partial charge in [-0.2, -0.15) is 0 Å². The van der Waals surface area contributed by atoms with Gasteiger partial charge in [0.25, 0.3) is 0 Å².